The molecule has 4 heterocycles. The molecule has 2 aromatic heterocycles. The van der Waals surface area contributed by atoms with E-state index in [0.717, 1.165) is 22.7 Å². The minimum atomic E-state index is -4.31. The Kier molecular flexibility index (Phi) is 8.05. The van der Waals surface area contributed by atoms with Crippen LogP contribution in [0.25, 0.3) is 10.3 Å². The number of aliphatic carboxylic acids is 1. The molecule has 11 heteroatoms. The van der Waals surface area contributed by atoms with Gasteiger partial charge in [0.15, 0.2) is 5.82 Å². The zero-order valence-corrected chi connectivity index (χ0v) is 24.0. The monoisotopic (exact) mass is 555 g/mol. The molecule has 2 fully saturated rings. The zero-order valence-electron chi connectivity index (χ0n) is 23.2. The summed E-state index contributed by atoms with van der Waals surface area (Å²) >= 11 is 1.53. The fourth-order valence-electron chi connectivity index (χ4n) is 6.02. The van der Waals surface area contributed by atoms with E-state index in [0.29, 0.717) is 56.0 Å². The van der Waals surface area contributed by atoms with E-state index >= 15 is 0 Å². The predicted molar refractivity (Wildman–Crippen MR) is 145 cm³/mol. The van der Waals surface area contributed by atoms with Gasteiger partial charge in [0.2, 0.25) is 0 Å². The van der Waals surface area contributed by atoms with Gasteiger partial charge in [0, 0.05) is 44.1 Å². The molecule has 212 valence electrons. The third-order valence-corrected chi connectivity index (χ3v) is 9.32. The van der Waals surface area contributed by atoms with E-state index in [1.54, 1.807) is 11.8 Å². The van der Waals surface area contributed by atoms with Crippen molar-refractivity contribution >= 4 is 33.5 Å². The zero-order chi connectivity index (χ0) is 28.0. The van der Waals surface area contributed by atoms with Gasteiger partial charge in [-0.15, -0.1) is 11.3 Å². The average molecular weight is 556 g/mol. The highest BCUT2D eigenvalue weighted by atomic mass is 32.1. The SMILES string of the molecule is CCC[C@@]1(C(=O)O)C[C@@H](C(C)(C)C)CN(Cc2cc3nc(N4CCN(C)C(C(F)(F)F)C4)c(C)nc3s2)C1. The number of rotatable bonds is 6. The second-order valence-corrected chi connectivity index (χ2v) is 13.4. The molecule has 2 aliphatic heterocycles. The Morgan fingerprint density at radius 1 is 1.21 bits per heavy atom. The van der Waals surface area contributed by atoms with Gasteiger partial charge >= 0.3 is 12.1 Å². The van der Waals surface area contributed by atoms with Crippen molar-refractivity contribution in [1.82, 2.24) is 19.8 Å². The van der Waals surface area contributed by atoms with E-state index < -0.39 is 23.6 Å². The highest BCUT2D eigenvalue weighted by Crippen LogP contribution is 2.45. The molecule has 0 spiro atoms. The normalized spacial score (nSPS) is 26.3. The van der Waals surface area contributed by atoms with Crippen LogP contribution in [0.4, 0.5) is 19.0 Å². The maximum absolute atomic E-state index is 13.6. The molecular weight excluding hydrogens is 515 g/mol. The Bertz CT molecular complexity index is 1160. The van der Waals surface area contributed by atoms with Gasteiger partial charge in [-0.1, -0.05) is 34.1 Å². The molecule has 2 aliphatic rings. The first kappa shape index (κ1) is 29.0. The Labute approximate surface area is 227 Å². The molecule has 4 rings (SSSR count). The van der Waals surface area contributed by atoms with Crippen LogP contribution in [0.3, 0.4) is 0 Å². The summed E-state index contributed by atoms with van der Waals surface area (Å²) in [4.78, 5) is 29.1. The van der Waals surface area contributed by atoms with Crippen LogP contribution in [0.2, 0.25) is 0 Å². The number of aryl methyl sites for hydroxylation is 1. The first-order valence-corrected chi connectivity index (χ1v) is 14.2. The quantitative estimate of drug-likeness (QED) is 0.510. The lowest BCUT2D eigenvalue weighted by Crippen LogP contribution is -2.57. The number of likely N-dealkylation sites (N-methyl/N-ethyl adjacent to an activating group) is 1. The number of hydrogen-bond acceptors (Lipinski definition) is 7. The summed E-state index contributed by atoms with van der Waals surface area (Å²) < 4.78 is 40.7. The Morgan fingerprint density at radius 2 is 1.92 bits per heavy atom. The number of halogens is 3. The minimum Gasteiger partial charge on any atom is -0.481 e. The summed E-state index contributed by atoms with van der Waals surface area (Å²) in [5.41, 5.74) is 0.517. The second-order valence-electron chi connectivity index (χ2n) is 12.3. The number of carbonyl (C=O) groups is 1. The van der Waals surface area contributed by atoms with Gasteiger partial charge in [-0.25, -0.2) is 9.97 Å². The Hall–Kier alpha value is -1.98. The largest absolute Gasteiger partial charge is 0.481 e. The van der Waals surface area contributed by atoms with Crippen molar-refractivity contribution in [3.8, 4) is 0 Å². The van der Waals surface area contributed by atoms with E-state index in [2.05, 4.69) is 25.7 Å². The number of anilines is 1. The first-order valence-electron chi connectivity index (χ1n) is 13.4. The lowest BCUT2D eigenvalue weighted by atomic mass is 9.65. The number of likely N-dealkylation sites (tertiary alicyclic amines) is 1. The highest BCUT2D eigenvalue weighted by molar-refractivity contribution is 7.18. The number of fused-ring (bicyclic) bond motifs is 1. The maximum Gasteiger partial charge on any atom is 0.405 e. The smallest absolute Gasteiger partial charge is 0.405 e. The molecule has 1 N–H and O–H groups in total. The van der Waals surface area contributed by atoms with Crippen LogP contribution in [0.15, 0.2) is 6.07 Å². The van der Waals surface area contributed by atoms with E-state index in [9.17, 15) is 23.1 Å². The maximum atomic E-state index is 13.6. The van der Waals surface area contributed by atoms with Crippen LogP contribution in [0, 0.1) is 23.7 Å². The Morgan fingerprint density at radius 3 is 2.53 bits per heavy atom. The molecule has 3 atom stereocenters. The number of thiophene rings is 1. The van der Waals surface area contributed by atoms with Gasteiger partial charge in [-0.2, -0.15) is 13.2 Å². The molecule has 0 aliphatic carbocycles. The lowest BCUT2D eigenvalue weighted by Gasteiger charge is -2.48. The molecule has 0 aromatic carbocycles. The third-order valence-electron chi connectivity index (χ3n) is 8.32. The highest BCUT2D eigenvalue weighted by Gasteiger charge is 2.48. The lowest BCUT2D eigenvalue weighted by molar-refractivity contribution is -0.180. The summed E-state index contributed by atoms with van der Waals surface area (Å²) in [5.74, 6) is 0.0302. The molecule has 2 aromatic rings. The summed E-state index contributed by atoms with van der Waals surface area (Å²) in [7, 11) is 1.51. The van der Waals surface area contributed by atoms with Gasteiger partial charge in [-0.3, -0.25) is 14.6 Å². The van der Waals surface area contributed by atoms with Crippen LogP contribution in [0.5, 0.6) is 0 Å². The molecular formula is C27H40F3N5O2S. The number of piperazine rings is 1. The van der Waals surface area contributed by atoms with Crippen LogP contribution in [-0.4, -0.2) is 82.8 Å². The molecule has 0 amide bonds. The van der Waals surface area contributed by atoms with Gasteiger partial charge in [0.25, 0.3) is 0 Å². The van der Waals surface area contributed by atoms with Crippen molar-refractivity contribution in [2.24, 2.45) is 16.7 Å². The van der Waals surface area contributed by atoms with E-state index in [4.69, 9.17) is 9.97 Å². The topological polar surface area (TPSA) is 72.8 Å². The fourth-order valence-corrected chi connectivity index (χ4v) is 7.08. The van der Waals surface area contributed by atoms with E-state index in [-0.39, 0.29) is 17.9 Å². The molecule has 0 bridgehead atoms. The summed E-state index contributed by atoms with van der Waals surface area (Å²) in [6.07, 6.45) is -2.17. The molecule has 38 heavy (non-hydrogen) atoms. The van der Waals surface area contributed by atoms with Crippen molar-refractivity contribution in [2.45, 2.75) is 72.6 Å². The van der Waals surface area contributed by atoms with Crippen LogP contribution in [0.1, 0.15) is 57.5 Å². The van der Waals surface area contributed by atoms with Gasteiger partial charge in [-0.05, 0) is 44.2 Å². The van der Waals surface area contributed by atoms with Crippen molar-refractivity contribution in [1.29, 1.82) is 0 Å². The third kappa shape index (κ3) is 5.94. The molecule has 0 radical (unpaired) electrons. The number of carboxylic acid groups (broad SMARTS) is 1. The molecule has 7 nitrogen and oxygen atoms in total. The molecule has 2 saturated heterocycles. The number of hydrogen-bond donors (Lipinski definition) is 1. The molecule has 0 saturated carbocycles. The predicted octanol–water partition coefficient (Wildman–Crippen LogP) is 5.42. The average Bonchev–Trinajstić information content (AvgIpc) is 3.18. The molecule has 1 unspecified atom stereocenters. The van der Waals surface area contributed by atoms with Crippen molar-refractivity contribution in [3.05, 3.63) is 16.6 Å². The van der Waals surface area contributed by atoms with Crippen LogP contribution >= 0.6 is 11.3 Å². The Balaban J connectivity index is 1.59. The number of nitrogens with zero attached hydrogens (tertiary/aromatic N) is 5. The number of alkyl halides is 3. The van der Waals surface area contributed by atoms with Gasteiger partial charge < -0.3 is 10.0 Å². The minimum absolute atomic E-state index is 0.0147. The second kappa shape index (κ2) is 10.5. The number of carboxylic acids is 1. The standard InChI is InChI=1S/C27H40F3N5O2S/c1-7-8-26(24(36)37)12-18(25(3,4)5)13-34(16-26)14-19-11-20-23(38-19)31-17(2)22(32-20)35-10-9-33(6)21(15-35)27(28,29)30/h11,18,21H,7-10,12-16H2,1-6H3,(H,36,37)/t18-,21?,26-/m1/s1. The van der Waals surface area contributed by atoms with E-state index in [1.807, 2.05) is 13.0 Å². The summed E-state index contributed by atoms with van der Waals surface area (Å²) in [5, 5.41) is 10.2. The fraction of sp³-hybridized carbons (Fsp3) is 0.741. The van der Waals surface area contributed by atoms with Gasteiger partial charge in [0.1, 0.15) is 16.4 Å². The van der Waals surface area contributed by atoms with E-state index in [1.165, 1.54) is 23.3 Å². The van der Waals surface area contributed by atoms with Crippen molar-refractivity contribution in [3.63, 3.8) is 0 Å². The summed E-state index contributed by atoms with van der Waals surface area (Å²) in [6.45, 7) is 12.9. The summed E-state index contributed by atoms with van der Waals surface area (Å²) in [6, 6.07) is 0.426. The van der Waals surface area contributed by atoms with Crippen molar-refractivity contribution in [2.75, 3.05) is 44.7 Å². The van der Waals surface area contributed by atoms with Crippen molar-refractivity contribution < 1.29 is 23.1 Å². The van der Waals surface area contributed by atoms with Crippen LogP contribution < -0.4 is 4.90 Å². The number of aromatic nitrogens is 2. The van der Waals surface area contributed by atoms with Gasteiger partial charge in [0.05, 0.1) is 11.1 Å². The first-order chi connectivity index (χ1) is 17.6. The number of piperidine rings is 1. The van der Waals surface area contributed by atoms with Crippen LogP contribution in [-0.2, 0) is 11.3 Å².